The Morgan fingerprint density at radius 2 is 1.86 bits per heavy atom. The maximum absolute atomic E-state index is 13.3. The van der Waals surface area contributed by atoms with E-state index < -0.39 is 53.5 Å². The van der Waals surface area contributed by atoms with Gasteiger partial charge < -0.3 is 37.9 Å². The average molecular weight is 809 g/mol. The fourth-order valence-electron chi connectivity index (χ4n) is 5.20. The van der Waals surface area contributed by atoms with Gasteiger partial charge in [-0.15, -0.1) is 11.3 Å². The molecule has 0 aliphatic carbocycles. The first-order valence-electron chi connectivity index (χ1n) is 18.2. The summed E-state index contributed by atoms with van der Waals surface area (Å²) in [4.78, 5) is 45.2. The molecular weight excluding hydrogens is 757 g/mol. The number of hydrogen-bond acceptors (Lipinski definition) is 14. The first-order chi connectivity index (χ1) is 27.1. The van der Waals surface area contributed by atoms with Crippen LogP contribution in [0.25, 0.3) is 10.4 Å². The third-order valence-electron chi connectivity index (χ3n) is 8.55. The molecule has 308 valence electrons. The number of nitrogens with zero attached hydrogens (tertiary/aromatic N) is 4. The number of carbonyl (C=O) groups excluding carboxylic acids is 3. The van der Waals surface area contributed by atoms with Gasteiger partial charge in [0.05, 0.1) is 33.3 Å². The number of azide groups is 1. The van der Waals surface area contributed by atoms with Crippen molar-refractivity contribution in [3.63, 3.8) is 0 Å². The van der Waals surface area contributed by atoms with Crippen molar-refractivity contribution in [2.45, 2.75) is 97.6 Å². The summed E-state index contributed by atoms with van der Waals surface area (Å²) in [6.45, 7) is 10.9. The maximum Gasteiger partial charge on any atom is 0.344 e. The molecule has 0 radical (unpaired) electrons. The second kappa shape index (κ2) is 22.7. The minimum atomic E-state index is -1.57. The van der Waals surface area contributed by atoms with Crippen LogP contribution in [0, 0.1) is 17.3 Å². The van der Waals surface area contributed by atoms with Gasteiger partial charge in [-0.1, -0.05) is 62.5 Å². The molecule has 1 aromatic carbocycles. The molecule has 15 nitrogen and oxygen atoms in total. The summed E-state index contributed by atoms with van der Waals surface area (Å²) in [7, 11) is 4.36. The number of thiazole rings is 1. The van der Waals surface area contributed by atoms with Gasteiger partial charge in [0.1, 0.15) is 42.1 Å². The van der Waals surface area contributed by atoms with Crippen LogP contribution in [0.3, 0.4) is 0 Å². The highest BCUT2D eigenvalue weighted by atomic mass is 32.1. The van der Waals surface area contributed by atoms with E-state index in [2.05, 4.69) is 31.6 Å². The number of esters is 3. The Balaban J connectivity index is 1.92. The highest BCUT2D eigenvalue weighted by molar-refractivity contribution is 7.09. The molecule has 0 unspecified atom stereocenters. The molecule has 0 saturated carbocycles. The van der Waals surface area contributed by atoms with Crippen LogP contribution in [0.4, 0.5) is 0 Å². The summed E-state index contributed by atoms with van der Waals surface area (Å²) < 4.78 is 44.8. The fraction of sp³-hybridized carbons (Fsp3) is 0.512. The van der Waals surface area contributed by atoms with Gasteiger partial charge in [-0.05, 0) is 73.6 Å². The first-order valence-corrected chi connectivity index (χ1v) is 19.0. The largest absolute Gasteiger partial charge is 0.497 e. The van der Waals surface area contributed by atoms with Gasteiger partial charge >= 0.3 is 17.9 Å². The Kier molecular flexibility index (Phi) is 18.4. The van der Waals surface area contributed by atoms with E-state index in [1.165, 1.54) is 31.6 Å². The van der Waals surface area contributed by atoms with Crippen molar-refractivity contribution in [1.29, 1.82) is 0 Å². The van der Waals surface area contributed by atoms with Crippen LogP contribution in [0.1, 0.15) is 83.1 Å². The lowest BCUT2D eigenvalue weighted by atomic mass is 9.89. The van der Waals surface area contributed by atoms with E-state index in [0.717, 1.165) is 11.1 Å². The standard InChI is InChI=1S/C41H52N4O11S/c1-27(14-17-30(23-36(47)52-21-20-35(46)51-9)41(6)38(48)55-39(56-41)40(3,4)5)22-34(54-26-49-7)33(53-24-29-15-18-32(50-8)19-16-29)13-11-10-12-31-25-57-37(43-31)28(2)44-45-42/h11,13,15-16,18-19,22-23,25,28,33-34,39H,14,17,20-21,24,26H2,1-9H3/b13-11+,27-22+,30-23+/t28-,33+,34-,39-,41-/m1/s1. The van der Waals surface area contributed by atoms with E-state index in [1.54, 1.807) is 38.5 Å². The Morgan fingerprint density at radius 3 is 2.49 bits per heavy atom. The van der Waals surface area contributed by atoms with Gasteiger partial charge in [-0.3, -0.25) is 4.79 Å². The highest BCUT2D eigenvalue weighted by Gasteiger charge is 2.52. The Hall–Kier alpha value is -5.01. The lowest BCUT2D eigenvalue weighted by molar-refractivity contribution is -0.155. The summed E-state index contributed by atoms with van der Waals surface area (Å²) >= 11 is 1.36. The van der Waals surface area contributed by atoms with Gasteiger partial charge in [0.2, 0.25) is 6.29 Å². The van der Waals surface area contributed by atoms with Crippen molar-refractivity contribution in [3.05, 3.63) is 91.8 Å². The summed E-state index contributed by atoms with van der Waals surface area (Å²) in [5.74, 6) is 4.82. The molecular formula is C41H52N4O11S. The van der Waals surface area contributed by atoms with Gasteiger partial charge in [-0.2, -0.15) is 0 Å². The lowest BCUT2D eigenvalue weighted by Gasteiger charge is -2.28. The number of carbonyl (C=O) groups is 3. The van der Waals surface area contributed by atoms with Crippen LogP contribution < -0.4 is 4.74 Å². The van der Waals surface area contributed by atoms with Crippen molar-refractivity contribution < 1.29 is 52.3 Å². The molecule has 1 fully saturated rings. The predicted molar refractivity (Wildman–Crippen MR) is 212 cm³/mol. The molecule has 1 aliphatic rings. The second-order valence-corrected chi connectivity index (χ2v) is 15.1. The van der Waals surface area contributed by atoms with Crippen LogP contribution >= 0.6 is 11.3 Å². The van der Waals surface area contributed by atoms with Crippen LogP contribution in [0.15, 0.2) is 70.2 Å². The van der Waals surface area contributed by atoms with E-state index in [9.17, 15) is 14.4 Å². The number of rotatable bonds is 20. The van der Waals surface area contributed by atoms with Crippen molar-refractivity contribution in [3.8, 4) is 17.6 Å². The molecule has 1 saturated heterocycles. The van der Waals surface area contributed by atoms with Crippen molar-refractivity contribution in [2.24, 2.45) is 10.5 Å². The topological polar surface area (TPSA) is 187 Å². The molecule has 57 heavy (non-hydrogen) atoms. The van der Waals surface area contributed by atoms with Gasteiger partial charge in [0.25, 0.3) is 0 Å². The average Bonchev–Trinajstić information content (AvgIpc) is 3.79. The lowest BCUT2D eigenvalue weighted by Crippen LogP contribution is -2.37. The van der Waals surface area contributed by atoms with Crippen LogP contribution in [0.2, 0.25) is 0 Å². The zero-order valence-corrected chi connectivity index (χ0v) is 34.8. The van der Waals surface area contributed by atoms with Gasteiger partial charge in [0, 0.05) is 28.9 Å². The zero-order valence-electron chi connectivity index (χ0n) is 33.9. The molecule has 0 bridgehead atoms. The summed E-state index contributed by atoms with van der Waals surface area (Å²) in [5, 5.41) is 6.14. The Labute approximate surface area is 337 Å². The summed E-state index contributed by atoms with van der Waals surface area (Å²) in [6, 6.07) is 7.08. The SMILES string of the molecule is COCO[C@H](/C=C(\C)CC/C(=C\C(=O)OCCC(=O)OC)[C@@]1(C)O[C@H](C(C)(C)C)OC1=O)[C@H](/C=C/C#Cc1csc([C@@H](C)N=[N+]=[N-])n1)OCc1ccc(OC)cc1. The van der Waals surface area contributed by atoms with Gasteiger partial charge in [0.15, 0.2) is 5.60 Å². The molecule has 5 atom stereocenters. The normalized spacial score (nSPS) is 18.8. The van der Waals surface area contributed by atoms with E-state index in [1.807, 2.05) is 58.0 Å². The number of ether oxygens (including phenoxy) is 8. The maximum atomic E-state index is 13.3. The number of hydrogen-bond donors (Lipinski definition) is 0. The number of methoxy groups -OCH3 is 3. The summed E-state index contributed by atoms with van der Waals surface area (Å²) in [6.07, 6.45) is 4.84. The van der Waals surface area contributed by atoms with E-state index in [-0.39, 0.29) is 32.8 Å². The quantitative estimate of drug-likeness (QED) is 0.0148. The molecule has 1 aromatic heterocycles. The van der Waals surface area contributed by atoms with Crippen molar-refractivity contribution in [2.75, 3.05) is 34.7 Å². The van der Waals surface area contributed by atoms with E-state index >= 15 is 0 Å². The minimum absolute atomic E-state index is 0.0458. The highest BCUT2D eigenvalue weighted by Crippen LogP contribution is 2.40. The molecule has 3 rings (SSSR count). The van der Waals surface area contributed by atoms with Gasteiger partial charge in [-0.25, -0.2) is 14.6 Å². The second-order valence-electron chi connectivity index (χ2n) is 14.2. The van der Waals surface area contributed by atoms with Crippen LogP contribution in [-0.2, 0) is 54.1 Å². The number of aromatic nitrogens is 1. The Morgan fingerprint density at radius 1 is 1.12 bits per heavy atom. The molecule has 2 aromatic rings. The Bertz CT molecular complexity index is 1870. The molecule has 2 heterocycles. The molecule has 0 spiro atoms. The monoisotopic (exact) mass is 808 g/mol. The van der Waals surface area contributed by atoms with Crippen molar-refractivity contribution >= 4 is 29.2 Å². The number of benzene rings is 1. The zero-order chi connectivity index (χ0) is 42.0. The third kappa shape index (κ3) is 14.8. The van der Waals surface area contributed by atoms with Crippen LogP contribution in [0.5, 0.6) is 5.75 Å². The number of cyclic esters (lactones) is 1. The van der Waals surface area contributed by atoms with E-state index in [0.29, 0.717) is 28.4 Å². The predicted octanol–water partition coefficient (Wildman–Crippen LogP) is 7.47. The third-order valence-corrected chi connectivity index (χ3v) is 9.57. The van der Waals surface area contributed by atoms with E-state index in [4.69, 9.17) is 38.7 Å². The molecule has 0 amide bonds. The smallest absolute Gasteiger partial charge is 0.344 e. The fourth-order valence-corrected chi connectivity index (χ4v) is 5.94. The first kappa shape index (κ1) is 46.4. The number of allylic oxidation sites excluding steroid dienone is 2. The molecule has 1 aliphatic heterocycles. The molecule has 0 N–H and O–H groups in total. The minimum Gasteiger partial charge on any atom is -0.497 e. The van der Waals surface area contributed by atoms with Crippen molar-refractivity contribution in [1.82, 2.24) is 4.98 Å². The summed E-state index contributed by atoms with van der Waals surface area (Å²) in [5.41, 5.74) is 9.26. The molecule has 16 heteroatoms. The van der Waals surface area contributed by atoms with Crippen LogP contribution in [-0.4, -0.2) is 81.7 Å².